The first kappa shape index (κ1) is 10.7. The molecule has 0 amide bonds. The Morgan fingerprint density at radius 2 is 2.33 bits per heavy atom. The molecule has 0 saturated heterocycles. The van der Waals surface area contributed by atoms with Crippen LogP contribution < -0.4 is 5.32 Å². The van der Waals surface area contributed by atoms with E-state index < -0.39 is 0 Å². The molecule has 1 saturated carbocycles. The van der Waals surface area contributed by atoms with Crippen LogP contribution in [0.1, 0.15) is 38.9 Å². The predicted octanol–water partition coefficient (Wildman–Crippen LogP) is 2.21. The Labute approximate surface area is 91.9 Å². The van der Waals surface area contributed by atoms with Crippen molar-refractivity contribution < 1.29 is 0 Å². The van der Waals surface area contributed by atoms with Crippen molar-refractivity contribution in [2.45, 2.75) is 39.8 Å². The number of hydrogen-bond acceptors (Lipinski definition) is 2. The Hall–Kier alpha value is -0.830. The molecule has 15 heavy (non-hydrogen) atoms. The summed E-state index contributed by atoms with van der Waals surface area (Å²) < 4.78 is 2.09. The van der Waals surface area contributed by atoms with Crippen molar-refractivity contribution in [3.63, 3.8) is 0 Å². The van der Waals surface area contributed by atoms with E-state index in [1.54, 1.807) is 0 Å². The van der Waals surface area contributed by atoms with Crippen LogP contribution in [-0.4, -0.2) is 16.8 Å². The number of nitrogens with one attached hydrogen (secondary N) is 1. The van der Waals surface area contributed by atoms with Crippen molar-refractivity contribution >= 4 is 0 Å². The van der Waals surface area contributed by atoms with E-state index in [1.807, 2.05) is 13.2 Å². The summed E-state index contributed by atoms with van der Waals surface area (Å²) in [7, 11) is 2.05. The normalized spacial score (nSPS) is 25.2. The fraction of sp³-hybridized carbons (Fsp3) is 0.750. The molecule has 0 aromatic carbocycles. The summed E-state index contributed by atoms with van der Waals surface area (Å²) in [5, 5.41) is 7.77. The van der Waals surface area contributed by atoms with E-state index in [4.69, 9.17) is 0 Å². The van der Waals surface area contributed by atoms with Crippen molar-refractivity contribution in [2.75, 3.05) is 7.05 Å². The Balaban J connectivity index is 2.21. The lowest BCUT2D eigenvalue weighted by Crippen LogP contribution is -2.23. The monoisotopic (exact) mass is 207 g/mol. The minimum atomic E-state index is 0.461. The van der Waals surface area contributed by atoms with Gasteiger partial charge in [0.25, 0.3) is 0 Å². The van der Waals surface area contributed by atoms with Gasteiger partial charge in [-0.05, 0) is 37.8 Å². The van der Waals surface area contributed by atoms with E-state index in [0.29, 0.717) is 11.5 Å². The molecule has 1 aromatic rings. The molecule has 0 spiro atoms. The molecule has 3 heteroatoms. The molecular weight excluding hydrogens is 186 g/mol. The van der Waals surface area contributed by atoms with Gasteiger partial charge in [-0.25, -0.2) is 0 Å². The van der Waals surface area contributed by atoms with Crippen LogP contribution in [-0.2, 0) is 6.54 Å². The maximum Gasteiger partial charge on any atom is 0.0556 e. The molecule has 84 valence electrons. The summed E-state index contributed by atoms with van der Waals surface area (Å²) in [6, 6.07) is 2.60. The van der Waals surface area contributed by atoms with E-state index in [-0.39, 0.29) is 0 Å². The molecular formula is C12H21N3. The molecule has 2 unspecified atom stereocenters. The van der Waals surface area contributed by atoms with Crippen LogP contribution >= 0.6 is 0 Å². The van der Waals surface area contributed by atoms with Crippen LogP contribution in [0, 0.1) is 11.3 Å². The smallest absolute Gasteiger partial charge is 0.0556 e. The average Bonchev–Trinajstić information content (AvgIpc) is 2.66. The first-order valence-corrected chi connectivity index (χ1v) is 5.79. The van der Waals surface area contributed by atoms with Gasteiger partial charge in [0.1, 0.15) is 0 Å². The van der Waals surface area contributed by atoms with Gasteiger partial charge in [-0.15, -0.1) is 0 Å². The first-order chi connectivity index (χ1) is 7.10. The molecule has 2 atom stereocenters. The second-order valence-corrected chi connectivity index (χ2v) is 5.14. The molecule has 0 radical (unpaired) electrons. The summed E-state index contributed by atoms with van der Waals surface area (Å²) in [5.74, 6) is 0.754. The highest BCUT2D eigenvalue weighted by Crippen LogP contribution is 2.57. The molecule has 0 aliphatic heterocycles. The van der Waals surface area contributed by atoms with Gasteiger partial charge in [-0.2, -0.15) is 5.10 Å². The molecule has 1 N–H and O–H groups in total. The standard InChI is InChI=1S/C12H21N3/c1-5-15-10(6-7-14-15)11(13-4)9-8-12(9,2)3/h6-7,9,11,13H,5,8H2,1-4H3. The second-order valence-electron chi connectivity index (χ2n) is 5.14. The molecule has 1 fully saturated rings. The zero-order valence-corrected chi connectivity index (χ0v) is 10.1. The van der Waals surface area contributed by atoms with Gasteiger partial charge >= 0.3 is 0 Å². The quantitative estimate of drug-likeness (QED) is 0.820. The lowest BCUT2D eigenvalue weighted by atomic mass is 10.0. The Kier molecular flexibility index (Phi) is 2.59. The van der Waals surface area contributed by atoms with E-state index in [9.17, 15) is 0 Å². The fourth-order valence-corrected chi connectivity index (χ4v) is 2.50. The minimum absolute atomic E-state index is 0.461. The number of nitrogens with zero attached hydrogens (tertiary/aromatic N) is 2. The lowest BCUT2D eigenvalue weighted by Gasteiger charge is -2.19. The summed E-state index contributed by atoms with van der Waals surface area (Å²) in [5.41, 5.74) is 1.83. The molecule has 1 heterocycles. The average molecular weight is 207 g/mol. The third-order valence-corrected chi connectivity index (χ3v) is 3.67. The summed E-state index contributed by atoms with van der Waals surface area (Å²) >= 11 is 0. The molecule has 0 bridgehead atoms. The highest BCUT2D eigenvalue weighted by atomic mass is 15.3. The van der Waals surface area contributed by atoms with Gasteiger partial charge in [0.2, 0.25) is 0 Å². The summed E-state index contributed by atoms with van der Waals surface area (Å²) in [6.45, 7) is 7.78. The molecule has 3 nitrogen and oxygen atoms in total. The highest BCUT2D eigenvalue weighted by Gasteiger charge is 2.50. The molecule has 1 aromatic heterocycles. The van der Waals surface area contributed by atoms with Gasteiger partial charge in [0, 0.05) is 12.7 Å². The van der Waals surface area contributed by atoms with E-state index in [2.05, 4.69) is 41.9 Å². The topological polar surface area (TPSA) is 29.9 Å². The van der Waals surface area contributed by atoms with Crippen molar-refractivity contribution in [3.8, 4) is 0 Å². The van der Waals surface area contributed by atoms with Crippen LogP contribution in [0.15, 0.2) is 12.3 Å². The number of hydrogen-bond donors (Lipinski definition) is 1. The van der Waals surface area contributed by atoms with Crippen LogP contribution in [0.3, 0.4) is 0 Å². The number of aromatic nitrogens is 2. The van der Waals surface area contributed by atoms with Gasteiger partial charge in [0.15, 0.2) is 0 Å². The Morgan fingerprint density at radius 1 is 1.67 bits per heavy atom. The minimum Gasteiger partial charge on any atom is -0.311 e. The van der Waals surface area contributed by atoms with Gasteiger partial charge < -0.3 is 5.32 Å². The molecule has 2 rings (SSSR count). The van der Waals surface area contributed by atoms with Crippen LogP contribution in [0.4, 0.5) is 0 Å². The van der Waals surface area contributed by atoms with Crippen molar-refractivity contribution in [1.29, 1.82) is 0 Å². The lowest BCUT2D eigenvalue weighted by molar-refractivity contribution is 0.413. The van der Waals surface area contributed by atoms with Gasteiger partial charge in [0.05, 0.1) is 11.7 Å². The van der Waals surface area contributed by atoms with Crippen LogP contribution in [0.25, 0.3) is 0 Å². The fourth-order valence-electron chi connectivity index (χ4n) is 2.50. The van der Waals surface area contributed by atoms with Crippen molar-refractivity contribution in [2.24, 2.45) is 11.3 Å². The van der Waals surface area contributed by atoms with E-state index in [0.717, 1.165) is 12.5 Å². The predicted molar refractivity (Wildman–Crippen MR) is 61.6 cm³/mol. The van der Waals surface area contributed by atoms with E-state index >= 15 is 0 Å². The summed E-state index contributed by atoms with van der Waals surface area (Å²) in [6.07, 6.45) is 3.21. The zero-order valence-electron chi connectivity index (χ0n) is 10.1. The van der Waals surface area contributed by atoms with Crippen molar-refractivity contribution in [3.05, 3.63) is 18.0 Å². The molecule has 1 aliphatic carbocycles. The maximum absolute atomic E-state index is 4.34. The largest absolute Gasteiger partial charge is 0.311 e. The van der Waals surface area contributed by atoms with Gasteiger partial charge in [-0.1, -0.05) is 13.8 Å². The maximum atomic E-state index is 4.34. The SMILES string of the molecule is CCn1nccc1C(NC)C1CC1(C)C. The first-order valence-electron chi connectivity index (χ1n) is 5.79. The second kappa shape index (κ2) is 3.63. The van der Waals surface area contributed by atoms with Crippen molar-refractivity contribution in [1.82, 2.24) is 15.1 Å². The Bertz CT molecular complexity index is 340. The Morgan fingerprint density at radius 3 is 2.80 bits per heavy atom. The summed E-state index contributed by atoms with van der Waals surface area (Å²) in [4.78, 5) is 0. The highest BCUT2D eigenvalue weighted by molar-refractivity contribution is 5.15. The third kappa shape index (κ3) is 1.81. The molecule has 1 aliphatic rings. The number of aryl methyl sites for hydroxylation is 1. The van der Waals surface area contributed by atoms with E-state index in [1.165, 1.54) is 12.1 Å². The zero-order chi connectivity index (χ0) is 11.1. The van der Waals surface area contributed by atoms with Gasteiger partial charge in [-0.3, -0.25) is 4.68 Å². The third-order valence-electron chi connectivity index (χ3n) is 3.67. The number of rotatable bonds is 4. The van der Waals surface area contributed by atoms with Crippen LogP contribution in [0.5, 0.6) is 0 Å². The van der Waals surface area contributed by atoms with Crippen LogP contribution in [0.2, 0.25) is 0 Å².